The lowest BCUT2D eigenvalue weighted by molar-refractivity contribution is 0.445. The average molecular weight is 288 g/mol. The number of nitrogens with zero attached hydrogens (tertiary/aromatic N) is 1. The molecule has 0 aromatic carbocycles. The van der Waals surface area contributed by atoms with Crippen LogP contribution in [-0.4, -0.2) is 31.9 Å². The average Bonchev–Trinajstić information content (AvgIpc) is 3.04. The Morgan fingerprint density at radius 1 is 1.39 bits per heavy atom. The molecule has 0 aliphatic heterocycles. The van der Waals surface area contributed by atoms with Gasteiger partial charge in [-0.1, -0.05) is 13.8 Å². The van der Waals surface area contributed by atoms with Crippen molar-refractivity contribution >= 4 is 21.4 Å². The van der Waals surface area contributed by atoms with Gasteiger partial charge in [-0.05, 0) is 18.9 Å². The number of nitrogens with one attached hydrogen (secondary N) is 1. The molecule has 102 valence electrons. The fourth-order valence-corrected chi connectivity index (χ4v) is 4.51. The molecule has 1 saturated carbocycles. The summed E-state index contributed by atoms with van der Waals surface area (Å²) >= 11 is 1.52. The molecule has 1 fully saturated rings. The van der Waals surface area contributed by atoms with E-state index < -0.39 is 10.0 Å². The van der Waals surface area contributed by atoms with Gasteiger partial charge in [0.15, 0.2) is 0 Å². The second-order valence-corrected chi connectivity index (χ2v) is 7.43. The van der Waals surface area contributed by atoms with Crippen LogP contribution in [0.5, 0.6) is 0 Å². The first-order valence-electron chi connectivity index (χ1n) is 6.38. The molecule has 1 N–H and O–H groups in total. The van der Waals surface area contributed by atoms with Gasteiger partial charge in [-0.15, -0.1) is 11.3 Å². The maximum absolute atomic E-state index is 12.3. The van der Waals surface area contributed by atoms with E-state index in [9.17, 15) is 8.42 Å². The van der Waals surface area contributed by atoms with Crippen molar-refractivity contribution in [3.63, 3.8) is 0 Å². The molecule has 0 radical (unpaired) electrons. The summed E-state index contributed by atoms with van der Waals surface area (Å²) in [5.74, 6) is 0. The van der Waals surface area contributed by atoms with E-state index in [4.69, 9.17) is 0 Å². The highest BCUT2D eigenvalue weighted by atomic mass is 32.2. The van der Waals surface area contributed by atoms with Crippen LogP contribution in [0.2, 0.25) is 0 Å². The molecule has 0 atom stereocenters. The number of rotatable bonds is 7. The molecule has 18 heavy (non-hydrogen) atoms. The zero-order valence-corrected chi connectivity index (χ0v) is 12.5. The lowest BCUT2D eigenvalue weighted by Crippen LogP contribution is -2.30. The molecular weight excluding hydrogens is 268 g/mol. The van der Waals surface area contributed by atoms with Crippen LogP contribution >= 0.6 is 11.3 Å². The van der Waals surface area contributed by atoms with Crippen molar-refractivity contribution in [3.05, 3.63) is 16.3 Å². The SMILES string of the molecule is CCN(CC)S(=O)(=O)c1csc(CNC2CC2)c1. The van der Waals surface area contributed by atoms with Crippen LogP contribution in [0.15, 0.2) is 16.3 Å². The molecular formula is C12H20N2O2S2. The van der Waals surface area contributed by atoms with Gasteiger partial charge in [0.2, 0.25) is 10.0 Å². The van der Waals surface area contributed by atoms with Crippen LogP contribution in [0.4, 0.5) is 0 Å². The third-order valence-electron chi connectivity index (χ3n) is 3.12. The van der Waals surface area contributed by atoms with E-state index in [1.165, 1.54) is 28.5 Å². The fourth-order valence-electron chi connectivity index (χ4n) is 1.83. The van der Waals surface area contributed by atoms with Gasteiger partial charge in [0.05, 0.1) is 4.90 Å². The van der Waals surface area contributed by atoms with Crippen molar-refractivity contribution in [3.8, 4) is 0 Å². The summed E-state index contributed by atoms with van der Waals surface area (Å²) in [6, 6.07) is 2.45. The first-order valence-corrected chi connectivity index (χ1v) is 8.70. The predicted octanol–water partition coefficient (Wildman–Crippen LogP) is 2.03. The molecule has 4 nitrogen and oxygen atoms in total. The second-order valence-electron chi connectivity index (χ2n) is 4.49. The zero-order chi connectivity index (χ0) is 13.2. The predicted molar refractivity (Wildman–Crippen MR) is 74.3 cm³/mol. The number of sulfonamides is 1. The number of hydrogen-bond acceptors (Lipinski definition) is 4. The number of hydrogen-bond donors (Lipinski definition) is 1. The van der Waals surface area contributed by atoms with Crippen LogP contribution in [-0.2, 0) is 16.6 Å². The van der Waals surface area contributed by atoms with Crippen molar-refractivity contribution in [1.82, 2.24) is 9.62 Å². The Kier molecular flexibility index (Phi) is 4.42. The second kappa shape index (κ2) is 5.69. The Hall–Kier alpha value is -0.430. The summed E-state index contributed by atoms with van der Waals surface area (Å²) in [5.41, 5.74) is 0. The highest BCUT2D eigenvalue weighted by molar-refractivity contribution is 7.89. The molecule has 0 amide bonds. The summed E-state index contributed by atoms with van der Waals surface area (Å²) in [5, 5.41) is 5.14. The third-order valence-corrected chi connectivity index (χ3v) is 6.23. The van der Waals surface area contributed by atoms with Gasteiger partial charge in [-0.3, -0.25) is 0 Å². The van der Waals surface area contributed by atoms with Crippen LogP contribution in [0.25, 0.3) is 0 Å². The standard InChI is InChI=1S/C12H20N2O2S2/c1-3-14(4-2)18(15,16)12-7-11(17-9-12)8-13-10-5-6-10/h7,9-10,13H,3-6,8H2,1-2H3. The van der Waals surface area contributed by atoms with Gasteiger partial charge in [0.25, 0.3) is 0 Å². The van der Waals surface area contributed by atoms with E-state index >= 15 is 0 Å². The van der Waals surface area contributed by atoms with Crippen molar-refractivity contribution in [1.29, 1.82) is 0 Å². The van der Waals surface area contributed by atoms with E-state index in [2.05, 4.69) is 5.32 Å². The molecule has 1 aromatic heterocycles. The Balaban J connectivity index is 2.07. The largest absolute Gasteiger partial charge is 0.309 e. The van der Waals surface area contributed by atoms with Gasteiger partial charge < -0.3 is 5.32 Å². The summed E-state index contributed by atoms with van der Waals surface area (Å²) in [6.45, 7) is 5.55. The lowest BCUT2D eigenvalue weighted by Gasteiger charge is -2.17. The van der Waals surface area contributed by atoms with E-state index in [0.717, 1.165) is 11.4 Å². The summed E-state index contributed by atoms with van der Waals surface area (Å²) in [4.78, 5) is 1.52. The maximum Gasteiger partial charge on any atom is 0.243 e. The maximum atomic E-state index is 12.3. The molecule has 6 heteroatoms. The Morgan fingerprint density at radius 3 is 2.61 bits per heavy atom. The van der Waals surface area contributed by atoms with Crippen molar-refractivity contribution < 1.29 is 8.42 Å². The molecule has 1 aromatic rings. The topological polar surface area (TPSA) is 49.4 Å². The first-order chi connectivity index (χ1) is 8.57. The van der Waals surface area contributed by atoms with Crippen LogP contribution in [0, 0.1) is 0 Å². The zero-order valence-electron chi connectivity index (χ0n) is 10.8. The van der Waals surface area contributed by atoms with E-state index in [1.807, 2.05) is 13.8 Å². The van der Waals surface area contributed by atoms with E-state index in [0.29, 0.717) is 24.0 Å². The van der Waals surface area contributed by atoms with Crippen LogP contribution in [0.1, 0.15) is 31.6 Å². The lowest BCUT2D eigenvalue weighted by atomic mass is 10.4. The highest BCUT2D eigenvalue weighted by Crippen LogP contribution is 2.24. The summed E-state index contributed by atoms with van der Waals surface area (Å²) in [6.07, 6.45) is 2.49. The summed E-state index contributed by atoms with van der Waals surface area (Å²) < 4.78 is 26.0. The minimum Gasteiger partial charge on any atom is -0.309 e. The molecule has 1 heterocycles. The third kappa shape index (κ3) is 3.12. The van der Waals surface area contributed by atoms with Gasteiger partial charge in [0, 0.05) is 35.9 Å². The van der Waals surface area contributed by atoms with E-state index in [1.54, 1.807) is 11.4 Å². The minimum absolute atomic E-state index is 0.434. The highest BCUT2D eigenvalue weighted by Gasteiger charge is 2.24. The first kappa shape index (κ1) is 14.0. The molecule has 0 spiro atoms. The Morgan fingerprint density at radius 2 is 2.06 bits per heavy atom. The smallest absolute Gasteiger partial charge is 0.243 e. The van der Waals surface area contributed by atoms with Gasteiger partial charge in [-0.25, -0.2) is 8.42 Å². The molecule has 1 aliphatic rings. The Bertz CT molecular complexity index is 488. The van der Waals surface area contributed by atoms with Crippen LogP contribution < -0.4 is 5.32 Å². The van der Waals surface area contributed by atoms with Gasteiger partial charge in [-0.2, -0.15) is 4.31 Å². The number of thiophene rings is 1. The monoisotopic (exact) mass is 288 g/mol. The van der Waals surface area contributed by atoms with Gasteiger partial charge >= 0.3 is 0 Å². The van der Waals surface area contributed by atoms with E-state index in [-0.39, 0.29) is 0 Å². The quantitative estimate of drug-likeness (QED) is 0.835. The minimum atomic E-state index is -3.29. The molecule has 1 aliphatic carbocycles. The van der Waals surface area contributed by atoms with Gasteiger partial charge in [0.1, 0.15) is 0 Å². The summed E-state index contributed by atoms with van der Waals surface area (Å²) in [7, 11) is -3.29. The van der Waals surface area contributed by atoms with Crippen molar-refractivity contribution in [2.24, 2.45) is 0 Å². The normalized spacial score (nSPS) is 16.4. The fraction of sp³-hybridized carbons (Fsp3) is 0.667. The van der Waals surface area contributed by atoms with Crippen molar-refractivity contribution in [2.75, 3.05) is 13.1 Å². The van der Waals surface area contributed by atoms with Crippen molar-refractivity contribution in [2.45, 2.75) is 44.2 Å². The Labute approximate surface area is 113 Å². The van der Waals surface area contributed by atoms with Crippen LogP contribution in [0.3, 0.4) is 0 Å². The molecule has 0 bridgehead atoms. The molecule has 2 rings (SSSR count). The molecule has 0 unspecified atom stereocenters. The molecule has 0 saturated heterocycles.